The van der Waals surface area contributed by atoms with E-state index in [0.29, 0.717) is 19.0 Å². The summed E-state index contributed by atoms with van der Waals surface area (Å²) in [6.45, 7) is 3.39. The van der Waals surface area contributed by atoms with Gasteiger partial charge in [-0.1, -0.05) is 13.3 Å². The second kappa shape index (κ2) is 6.32. The Labute approximate surface area is 84.5 Å². The molecule has 0 unspecified atom stereocenters. The molecule has 0 aliphatic rings. The zero-order chi connectivity index (χ0) is 10.2. The second-order valence-electron chi connectivity index (χ2n) is 3.09. The van der Waals surface area contributed by atoms with Crippen molar-refractivity contribution >= 4 is 0 Å². The van der Waals surface area contributed by atoms with E-state index >= 15 is 0 Å². The maximum Gasteiger partial charge on any atom is 0.216 e. The fraction of sp³-hybridized carbons (Fsp3) is 0.600. The number of aromatic nitrogens is 2. The molecule has 1 aromatic rings. The van der Waals surface area contributed by atoms with Gasteiger partial charge in [0.2, 0.25) is 5.88 Å². The van der Waals surface area contributed by atoms with Gasteiger partial charge in [-0.15, -0.1) is 0 Å². The minimum atomic E-state index is 0.624. The third-order valence-electron chi connectivity index (χ3n) is 1.80. The first-order valence-electron chi connectivity index (χ1n) is 5.00. The fourth-order valence-corrected chi connectivity index (χ4v) is 1.11. The Hall–Kier alpha value is -1.16. The van der Waals surface area contributed by atoms with Gasteiger partial charge in [-0.25, -0.2) is 9.97 Å². The number of rotatable bonds is 6. The second-order valence-corrected chi connectivity index (χ2v) is 3.09. The highest BCUT2D eigenvalue weighted by Crippen LogP contribution is 2.08. The van der Waals surface area contributed by atoms with Gasteiger partial charge in [0.1, 0.15) is 6.33 Å². The van der Waals surface area contributed by atoms with E-state index in [4.69, 9.17) is 10.5 Å². The predicted octanol–water partition coefficient (Wildman–Crippen LogP) is 1.16. The van der Waals surface area contributed by atoms with E-state index in [0.717, 1.165) is 25.0 Å². The predicted molar refractivity (Wildman–Crippen MR) is 55.2 cm³/mol. The molecular weight excluding hydrogens is 178 g/mol. The molecule has 0 aliphatic heterocycles. The Bertz CT molecular complexity index is 265. The number of nitrogens with two attached hydrogens (primary N) is 1. The average Bonchev–Trinajstić information content (AvgIpc) is 2.19. The topological polar surface area (TPSA) is 61.0 Å². The van der Waals surface area contributed by atoms with Gasteiger partial charge in [0.05, 0.1) is 6.61 Å². The van der Waals surface area contributed by atoms with Gasteiger partial charge in [-0.2, -0.15) is 0 Å². The maximum absolute atomic E-state index is 5.40. The normalized spacial score (nSPS) is 10.1. The van der Waals surface area contributed by atoms with Crippen molar-refractivity contribution in [2.24, 2.45) is 5.73 Å². The Balaban J connectivity index is 2.46. The molecule has 0 atom stereocenters. The van der Waals surface area contributed by atoms with Crippen molar-refractivity contribution < 1.29 is 4.74 Å². The summed E-state index contributed by atoms with van der Waals surface area (Å²) in [5, 5.41) is 0. The molecule has 4 nitrogen and oxygen atoms in total. The van der Waals surface area contributed by atoms with Crippen LogP contribution in [-0.2, 0) is 6.42 Å². The fourth-order valence-electron chi connectivity index (χ4n) is 1.11. The van der Waals surface area contributed by atoms with Crippen LogP contribution in [0.1, 0.15) is 25.5 Å². The van der Waals surface area contributed by atoms with Crippen LogP contribution in [-0.4, -0.2) is 23.1 Å². The van der Waals surface area contributed by atoms with Crippen LogP contribution in [0, 0.1) is 0 Å². The lowest BCUT2D eigenvalue weighted by atomic mass is 10.2. The molecule has 0 aromatic carbocycles. The molecule has 0 saturated carbocycles. The van der Waals surface area contributed by atoms with Crippen molar-refractivity contribution in [1.29, 1.82) is 0 Å². The minimum Gasteiger partial charge on any atom is -0.478 e. The van der Waals surface area contributed by atoms with Crippen molar-refractivity contribution in [3.05, 3.63) is 18.1 Å². The lowest BCUT2D eigenvalue weighted by Crippen LogP contribution is -2.07. The van der Waals surface area contributed by atoms with E-state index in [9.17, 15) is 0 Å². The van der Waals surface area contributed by atoms with Crippen molar-refractivity contribution in [2.75, 3.05) is 13.2 Å². The largest absolute Gasteiger partial charge is 0.478 e. The quantitative estimate of drug-likeness (QED) is 0.692. The molecule has 4 heteroatoms. The Kier molecular flexibility index (Phi) is 4.93. The number of hydrogen-bond donors (Lipinski definition) is 1. The van der Waals surface area contributed by atoms with Crippen molar-refractivity contribution in [3.8, 4) is 5.88 Å². The summed E-state index contributed by atoms with van der Waals surface area (Å²) < 4.78 is 5.40. The average molecular weight is 195 g/mol. The molecule has 0 spiro atoms. The molecule has 0 bridgehead atoms. The SMILES string of the molecule is CCCc1cc(OCCCN)ncn1. The van der Waals surface area contributed by atoms with Gasteiger partial charge in [0.25, 0.3) is 0 Å². The van der Waals surface area contributed by atoms with E-state index < -0.39 is 0 Å². The summed E-state index contributed by atoms with van der Waals surface area (Å²) >= 11 is 0. The maximum atomic E-state index is 5.40. The smallest absolute Gasteiger partial charge is 0.216 e. The Morgan fingerprint density at radius 1 is 1.43 bits per heavy atom. The zero-order valence-corrected chi connectivity index (χ0v) is 8.57. The van der Waals surface area contributed by atoms with Gasteiger partial charge in [0.15, 0.2) is 0 Å². The number of hydrogen-bond acceptors (Lipinski definition) is 4. The summed E-state index contributed by atoms with van der Waals surface area (Å²) in [5.41, 5.74) is 6.39. The zero-order valence-electron chi connectivity index (χ0n) is 8.57. The van der Waals surface area contributed by atoms with Gasteiger partial charge < -0.3 is 10.5 Å². The lowest BCUT2D eigenvalue weighted by molar-refractivity contribution is 0.300. The Morgan fingerprint density at radius 3 is 3.00 bits per heavy atom. The lowest BCUT2D eigenvalue weighted by Gasteiger charge is -2.04. The highest BCUT2D eigenvalue weighted by molar-refractivity contribution is 5.13. The van der Waals surface area contributed by atoms with Crippen LogP contribution in [0.25, 0.3) is 0 Å². The molecule has 0 radical (unpaired) electrons. The summed E-state index contributed by atoms with van der Waals surface area (Å²) in [7, 11) is 0. The number of nitrogens with zero attached hydrogens (tertiary/aromatic N) is 2. The highest BCUT2D eigenvalue weighted by Gasteiger charge is 1.98. The van der Waals surface area contributed by atoms with E-state index in [1.165, 1.54) is 0 Å². The first-order chi connectivity index (χ1) is 6.86. The van der Waals surface area contributed by atoms with E-state index in [1.54, 1.807) is 6.33 Å². The summed E-state index contributed by atoms with van der Waals surface area (Å²) in [6.07, 6.45) is 4.45. The molecule has 0 fully saturated rings. The Morgan fingerprint density at radius 2 is 2.29 bits per heavy atom. The molecule has 1 rings (SSSR count). The van der Waals surface area contributed by atoms with Crippen molar-refractivity contribution in [3.63, 3.8) is 0 Å². The molecule has 1 aromatic heterocycles. The summed E-state index contributed by atoms with van der Waals surface area (Å²) in [4.78, 5) is 8.16. The minimum absolute atomic E-state index is 0.624. The first-order valence-corrected chi connectivity index (χ1v) is 5.00. The monoisotopic (exact) mass is 195 g/mol. The van der Waals surface area contributed by atoms with E-state index in [-0.39, 0.29) is 0 Å². The van der Waals surface area contributed by atoms with Crippen molar-refractivity contribution in [2.45, 2.75) is 26.2 Å². The number of aryl methyl sites for hydroxylation is 1. The molecule has 0 aliphatic carbocycles. The van der Waals surface area contributed by atoms with Gasteiger partial charge >= 0.3 is 0 Å². The van der Waals surface area contributed by atoms with Crippen LogP contribution in [0.3, 0.4) is 0 Å². The van der Waals surface area contributed by atoms with Crippen LogP contribution >= 0.6 is 0 Å². The van der Waals surface area contributed by atoms with E-state index in [2.05, 4.69) is 16.9 Å². The molecule has 2 N–H and O–H groups in total. The van der Waals surface area contributed by atoms with Crippen LogP contribution in [0.2, 0.25) is 0 Å². The van der Waals surface area contributed by atoms with Crippen LogP contribution < -0.4 is 10.5 Å². The first kappa shape index (κ1) is 10.9. The molecule has 0 amide bonds. The van der Waals surface area contributed by atoms with Crippen LogP contribution in [0.4, 0.5) is 0 Å². The van der Waals surface area contributed by atoms with E-state index in [1.807, 2.05) is 6.07 Å². The van der Waals surface area contributed by atoms with Gasteiger partial charge in [0, 0.05) is 11.8 Å². The van der Waals surface area contributed by atoms with Gasteiger partial charge in [-0.3, -0.25) is 0 Å². The molecule has 0 saturated heterocycles. The molecular formula is C10H17N3O. The molecule has 14 heavy (non-hydrogen) atoms. The van der Waals surface area contributed by atoms with Crippen LogP contribution in [0.15, 0.2) is 12.4 Å². The highest BCUT2D eigenvalue weighted by atomic mass is 16.5. The standard InChI is InChI=1S/C10H17N3O/c1-2-4-9-7-10(13-8-12-9)14-6-3-5-11/h7-8H,2-6,11H2,1H3. The third kappa shape index (κ3) is 3.70. The third-order valence-corrected chi connectivity index (χ3v) is 1.80. The molecule has 1 heterocycles. The van der Waals surface area contributed by atoms with Crippen molar-refractivity contribution in [1.82, 2.24) is 9.97 Å². The summed E-state index contributed by atoms with van der Waals surface area (Å²) in [6, 6.07) is 1.89. The molecule has 78 valence electrons. The summed E-state index contributed by atoms with van der Waals surface area (Å²) in [5.74, 6) is 0.650. The van der Waals surface area contributed by atoms with Crippen LogP contribution in [0.5, 0.6) is 5.88 Å². The van der Waals surface area contributed by atoms with Gasteiger partial charge in [-0.05, 0) is 19.4 Å². The number of ether oxygens (including phenoxy) is 1.